The van der Waals surface area contributed by atoms with Gasteiger partial charge in [0.25, 0.3) is 0 Å². The van der Waals surface area contributed by atoms with Crippen LogP contribution in [0, 0.1) is 18.8 Å². The summed E-state index contributed by atoms with van der Waals surface area (Å²) in [6, 6.07) is 0.178. The molecule has 0 fully saturated rings. The molecule has 0 radical (unpaired) electrons. The molecule has 0 saturated heterocycles. The lowest BCUT2D eigenvalue weighted by atomic mass is 9.87. The quantitative estimate of drug-likeness (QED) is 0.484. The zero-order valence-corrected chi connectivity index (χ0v) is 8.43. The first-order valence-electron chi connectivity index (χ1n) is 4.47. The third-order valence-electron chi connectivity index (χ3n) is 1.97. The van der Waals surface area contributed by atoms with Gasteiger partial charge in [-0.1, -0.05) is 27.2 Å². The number of aliphatic hydroxyl groups excluding tert-OH is 1. The van der Waals surface area contributed by atoms with Crippen LogP contribution < -0.4 is 5.32 Å². The minimum Gasteiger partial charge on any atom is -0.395 e. The van der Waals surface area contributed by atoms with Crippen LogP contribution in [0.5, 0.6) is 0 Å². The van der Waals surface area contributed by atoms with Crippen LogP contribution in [-0.2, 0) is 0 Å². The second kappa shape index (κ2) is 5.44. The largest absolute Gasteiger partial charge is 0.395 e. The van der Waals surface area contributed by atoms with Gasteiger partial charge < -0.3 is 10.4 Å². The first kappa shape index (κ1) is 11.8. The van der Waals surface area contributed by atoms with Crippen molar-refractivity contribution in [3.8, 4) is 0 Å². The first-order valence-corrected chi connectivity index (χ1v) is 4.47. The van der Waals surface area contributed by atoms with E-state index in [9.17, 15) is 0 Å². The van der Waals surface area contributed by atoms with Gasteiger partial charge in [-0.2, -0.15) is 0 Å². The Hall–Kier alpha value is -0.210. The normalized spacial score (nSPS) is 14.4. The maximum absolute atomic E-state index is 9.07. The van der Waals surface area contributed by atoms with Crippen LogP contribution >= 0.6 is 0 Å². The Labute approximate surface area is 76.4 Å². The van der Waals surface area contributed by atoms with E-state index in [1.54, 1.807) is 0 Å². The molecule has 0 aliphatic heterocycles. The minimum atomic E-state index is 0.121. The maximum Gasteiger partial charge on any atom is 0.0694 e. The third-order valence-corrected chi connectivity index (χ3v) is 1.97. The number of hydrogen-bond acceptors (Lipinski definition) is 2. The van der Waals surface area contributed by atoms with Crippen LogP contribution in [0.25, 0.3) is 0 Å². The molecule has 72 valence electrons. The summed E-state index contributed by atoms with van der Waals surface area (Å²) in [4.78, 5) is 0. The fourth-order valence-corrected chi connectivity index (χ4v) is 1.00. The molecule has 0 spiro atoms. The Balaban J connectivity index is 3.68. The molecule has 12 heavy (non-hydrogen) atoms. The van der Waals surface area contributed by atoms with Gasteiger partial charge in [0.05, 0.1) is 13.0 Å². The molecule has 2 nitrogen and oxygen atoms in total. The van der Waals surface area contributed by atoms with E-state index in [0.29, 0.717) is 0 Å². The number of unbranched alkanes of at least 4 members (excludes halogenated alkanes) is 1. The van der Waals surface area contributed by atoms with Gasteiger partial charge in [0.2, 0.25) is 0 Å². The third kappa shape index (κ3) is 4.62. The summed E-state index contributed by atoms with van der Waals surface area (Å²) in [6.07, 6.45) is 2.83. The molecule has 0 heterocycles. The number of aliphatic hydroxyl groups is 1. The monoisotopic (exact) mass is 171 g/mol. The molecule has 0 saturated carbocycles. The van der Waals surface area contributed by atoms with E-state index in [2.05, 4.69) is 33.0 Å². The summed E-state index contributed by atoms with van der Waals surface area (Å²) < 4.78 is 0. The minimum absolute atomic E-state index is 0.121. The average Bonchev–Trinajstić information content (AvgIpc) is 1.95. The van der Waals surface area contributed by atoms with E-state index >= 15 is 0 Å². The Bertz CT molecular complexity index is 107. The highest BCUT2D eigenvalue weighted by Gasteiger charge is 2.22. The Morgan fingerprint density at radius 1 is 1.50 bits per heavy atom. The van der Waals surface area contributed by atoms with Crippen molar-refractivity contribution in [1.82, 2.24) is 5.32 Å². The lowest BCUT2D eigenvalue weighted by molar-refractivity contribution is 0.160. The maximum atomic E-state index is 9.07. The van der Waals surface area contributed by atoms with E-state index in [0.717, 1.165) is 13.0 Å². The second-order valence-electron chi connectivity index (χ2n) is 4.13. The van der Waals surface area contributed by atoms with Gasteiger partial charge in [0, 0.05) is 12.6 Å². The number of nitrogens with one attached hydrogen (secondary N) is 1. The van der Waals surface area contributed by atoms with Crippen molar-refractivity contribution in [2.75, 3.05) is 13.2 Å². The van der Waals surface area contributed by atoms with Crippen molar-refractivity contribution in [2.45, 2.75) is 33.2 Å². The van der Waals surface area contributed by atoms with Crippen molar-refractivity contribution >= 4 is 0 Å². The van der Waals surface area contributed by atoms with Crippen LogP contribution in [0.2, 0.25) is 0 Å². The molecule has 0 aromatic rings. The highest BCUT2D eigenvalue weighted by molar-refractivity contribution is 4.80. The molecule has 0 bridgehead atoms. The van der Waals surface area contributed by atoms with Gasteiger partial charge in [-0.05, 0) is 5.41 Å². The van der Waals surface area contributed by atoms with Crippen LogP contribution in [-0.4, -0.2) is 24.3 Å². The number of hydrogen-bond donors (Lipinski definition) is 2. The van der Waals surface area contributed by atoms with Crippen molar-refractivity contribution in [3.63, 3.8) is 0 Å². The van der Waals surface area contributed by atoms with Gasteiger partial charge in [-0.3, -0.25) is 0 Å². The Morgan fingerprint density at radius 3 is 2.42 bits per heavy atom. The van der Waals surface area contributed by atoms with Crippen molar-refractivity contribution in [2.24, 2.45) is 5.41 Å². The molecular formula is C10H21NO. The lowest BCUT2D eigenvalue weighted by Crippen LogP contribution is -2.43. The average molecular weight is 171 g/mol. The molecule has 2 heteroatoms. The Morgan fingerprint density at radius 2 is 2.08 bits per heavy atom. The highest BCUT2D eigenvalue weighted by atomic mass is 16.3. The van der Waals surface area contributed by atoms with E-state index in [1.807, 2.05) is 6.42 Å². The lowest BCUT2D eigenvalue weighted by Gasteiger charge is -2.29. The van der Waals surface area contributed by atoms with Crippen LogP contribution in [0.4, 0.5) is 0 Å². The second-order valence-corrected chi connectivity index (χ2v) is 4.13. The standard InChI is InChI=1S/C10H21NO/c1-5-6-7-11-9(8-12)10(2,3)4/h5,9,11-12H,1,6-8H2,2-4H3. The molecule has 0 rings (SSSR count). The van der Waals surface area contributed by atoms with E-state index in [4.69, 9.17) is 5.11 Å². The van der Waals surface area contributed by atoms with Crippen molar-refractivity contribution in [3.05, 3.63) is 13.3 Å². The molecule has 0 aromatic heterocycles. The zero-order valence-electron chi connectivity index (χ0n) is 8.43. The fourth-order valence-electron chi connectivity index (χ4n) is 1.00. The summed E-state index contributed by atoms with van der Waals surface area (Å²) in [7, 11) is 0. The molecule has 2 N–H and O–H groups in total. The van der Waals surface area contributed by atoms with Crippen molar-refractivity contribution < 1.29 is 5.11 Å². The predicted molar refractivity (Wildman–Crippen MR) is 52.6 cm³/mol. The van der Waals surface area contributed by atoms with Gasteiger partial charge in [0.15, 0.2) is 0 Å². The van der Waals surface area contributed by atoms with Gasteiger partial charge in [0.1, 0.15) is 0 Å². The van der Waals surface area contributed by atoms with Gasteiger partial charge in [-0.25, -0.2) is 0 Å². The van der Waals surface area contributed by atoms with Gasteiger partial charge >= 0.3 is 0 Å². The summed E-state index contributed by atoms with van der Waals surface area (Å²) in [5, 5.41) is 12.4. The Kier molecular flexibility index (Phi) is 5.34. The molecular weight excluding hydrogens is 150 g/mol. The number of rotatable bonds is 5. The topological polar surface area (TPSA) is 32.3 Å². The summed E-state index contributed by atoms with van der Waals surface area (Å²) in [6.45, 7) is 11.1. The smallest absolute Gasteiger partial charge is 0.0694 e. The summed E-state index contributed by atoms with van der Waals surface area (Å²) >= 11 is 0. The van der Waals surface area contributed by atoms with Crippen LogP contribution in [0.3, 0.4) is 0 Å². The van der Waals surface area contributed by atoms with E-state index in [1.165, 1.54) is 0 Å². The molecule has 1 unspecified atom stereocenters. The van der Waals surface area contributed by atoms with Crippen LogP contribution in [0.15, 0.2) is 0 Å². The summed E-state index contributed by atoms with van der Waals surface area (Å²) in [5.41, 5.74) is 0.121. The molecule has 0 aliphatic rings. The molecule has 1 atom stereocenters. The van der Waals surface area contributed by atoms with Crippen LogP contribution in [0.1, 0.15) is 27.2 Å². The van der Waals surface area contributed by atoms with E-state index in [-0.39, 0.29) is 18.1 Å². The summed E-state index contributed by atoms with van der Waals surface area (Å²) in [5.74, 6) is 0. The zero-order chi connectivity index (χ0) is 9.61. The molecule has 0 amide bonds. The van der Waals surface area contributed by atoms with Gasteiger partial charge in [-0.15, -0.1) is 6.92 Å². The van der Waals surface area contributed by atoms with E-state index < -0.39 is 0 Å². The fraction of sp³-hybridized carbons (Fsp3) is 0.800. The molecule has 0 aliphatic carbocycles. The highest BCUT2D eigenvalue weighted by Crippen LogP contribution is 2.18. The van der Waals surface area contributed by atoms with Crippen molar-refractivity contribution in [1.29, 1.82) is 0 Å². The first-order chi connectivity index (χ1) is 5.52. The SMILES string of the molecule is [CH2-][CH+]CCNC(CO)C(C)(C)C. The predicted octanol–water partition coefficient (Wildman–Crippen LogP) is 1.41. The molecule has 0 aromatic carbocycles.